The van der Waals surface area contributed by atoms with Gasteiger partial charge in [0.05, 0.1) is 35.0 Å². The summed E-state index contributed by atoms with van der Waals surface area (Å²) in [5.74, 6) is 0.721. The summed E-state index contributed by atoms with van der Waals surface area (Å²) in [5, 5.41) is 1.23. The minimum Gasteiger partial charge on any atom is -0.493 e. The Morgan fingerprint density at radius 2 is 2.07 bits per heavy atom. The monoisotopic (exact) mass is 404 g/mol. The standard InChI is InChI=1S/C20H21ClN2O3S/c1-5-26-18-14(21)10-13(11-16(18)25-4)20(24)23(3)12(2)19-22-15-8-6-7-9-17(15)27-19/h6-12H,5H2,1-4H3/t12-/m1/s1. The number of carbonyl (C=O) groups excluding carboxylic acids is 1. The Bertz CT molecular complexity index is 940. The Morgan fingerprint density at radius 1 is 1.33 bits per heavy atom. The summed E-state index contributed by atoms with van der Waals surface area (Å²) in [4.78, 5) is 19.3. The molecule has 0 saturated carbocycles. The van der Waals surface area contributed by atoms with Crippen LogP contribution in [-0.4, -0.2) is 36.6 Å². The molecular formula is C20H21ClN2O3S. The zero-order chi connectivity index (χ0) is 19.6. The van der Waals surface area contributed by atoms with Crippen LogP contribution in [0, 0.1) is 0 Å². The van der Waals surface area contributed by atoms with Crippen molar-refractivity contribution in [2.75, 3.05) is 20.8 Å². The van der Waals surface area contributed by atoms with Crippen LogP contribution in [0.4, 0.5) is 0 Å². The average molecular weight is 405 g/mol. The van der Waals surface area contributed by atoms with Gasteiger partial charge >= 0.3 is 0 Å². The number of thiazole rings is 1. The van der Waals surface area contributed by atoms with Gasteiger partial charge in [-0.1, -0.05) is 23.7 Å². The average Bonchev–Trinajstić information content (AvgIpc) is 3.11. The quantitative estimate of drug-likeness (QED) is 0.567. The van der Waals surface area contributed by atoms with E-state index in [1.54, 1.807) is 35.4 Å². The number of aromatic nitrogens is 1. The molecule has 0 aliphatic heterocycles. The fourth-order valence-electron chi connectivity index (χ4n) is 2.74. The van der Waals surface area contributed by atoms with E-state index < -0.39 is 0 Å². The molecular weight excluding hydrogens is 384 g/mol. The summed E-state index contributed by atoms with van der Waals surface area (Å²) in [6, 6.07) is 11.0. The topological polar surface area (TPSA) is 51.7 Å². The molecule has 0 bridgehead atoms. The van der Waals surface area contributed by atoms with Gasteiger partial charge in [0.2, 0.25) is 0 Å². The predicted molar refractivity (Wildman–Crippen MR) is 109 cm³/mol. The number of halogens is 1. The van der Waals surface area contributed by atoms with Crippen molar-refractivity contribution in [2.45, 2.75) is 19.9 Å². The molecule has 7 heteroatoms. The Balaban J connectivity index is 1.89. The Hall–Kier alpha value is -2.31. The molecule has 1 heterocycles. The highest BCUT2D eigenvalue weighted by atomic mass is 35.5. The van der Waals surface area contributed by atoms with Crippen molar-refractivity contribution < 1.29 is 14.3 Å². The van der Waals surface area contributed by atoms with Crippen LogP contribution < -0.4 is 9.47 Å². The highest BCUT2D eigenvalue weighted by Gasteiger charge is 2.24. The summed E-state index contributed by atoms with van der Waals surface area (Å²) in [7, 11) is 3.28. The van der Waals surface area contributed by atoms with E-state index in [4.69, 9.17) is 21.1 Å². The van der Waals surface area contributed by atoms with E-state index in [2.05, 4.69) is 4.98 Å². The minimum absolute atomic E-state index is 0.162. The van der Waals surface area contributed by atoms with Gasteiger partial charge in [-0.2, -0.15) is 0 Å². The third-order valence-electron chi connectivity index (χ3n) is 4.33. The molecule has 1 aromatic heterocycles. The SMILES string of the molecule is CCOc1c(Cl)cc(C(=O)N(C)[C@H](C)c2nc3ccccc3s2)cc1OC. The third-order valence-corrected chi connectivity index (χ3v) is 5.82. The maximum absolute atomic E-state index is 13.0. The number of benzene rings is 2. The Labute approximate surface area is 167 Å². The minimum atomic E-state index is -0.175. The van der Waals surface area contributed by atoms with Crippen molar-refractivity contribution >= 4 is 39.1 Å². The number of amides is 1. The summed E-state index contributed by atoms with van der Waals surface area (Å²) < 4.78 is 12.0. The number of methoxy groups -OCH3 is 1. The first-order valence-electron chi connectivity index (χ1n) is 8.59. The van der Waals surface area contributed by atoms with E-state index in [0.717, 1.165) is 15.2 Å². The van der Waals surface area contributed by atoms with Gasteiger partial charge in [0.15, 0.2) is 11.5 Å². The van der Waals surface area contributed by atoms with Crippen LogP contribution in [0.15, 0.2) is 36.4 Å². The van der Waals surface area contributed by atoms with Crippen LogP contribution in [0.1, 0.15) is 35.3 Å². The molecule has 1 amide bonds. The number of ether oxygens (including phenoxy) is 2. The van der Waals surface area contributed by atoms with Crippen LogP contribution in [0.5, 0.6) is 11.5 Å². The molecule has 0 fully saturated rings. The molecule has 0 radical (unpaired) electrons. The maximum atomic E-state index is 13.0. The molecule has 0 unspecified atom stereocenters. The Morgan fingerprint density at radius 3 is 2.74 bits per heavy atom. The van der Waals surface area contributed by atoms with Crippen molar-refractivity contribution in [1.29, 1.82) is 0 Å². The van der Waals surface area contributed by atoms with E-state index in [-0.39, 0.29) is 11.9 Å². The second-order valence-electron chi connectivity index (χ2n) is 6.03. The van der Waals surface area contributed by atoms with Gasteiger partial charge in [-0.3, -0.25) is 4.79 Å². The van der Waals surface area contributed by atoms with E-state index in [1.807, 2.05) is 38.1 Å². The number of hydrogen-bond acceptors (Lipinski definition) is 5. The number of para-hydroxylation sites is 1. The first-order chi connectivity index (χ1) is 13.0. The second-order valence-corrected chi connectivity index (χ2v) is 7.50. The first-order valence-corrected chi connectivity index (χ1v) is 9.78. The lowest BCUT2D eigenvalue weighted by atomic mass is 10.1. The lowest BCUT2D eigenvalue weighted by molar-refractivity contribution is 0.0742. The highest BCUT2D eigenvalue weighted by Crippen LogP contribution is 2.37. The zero-order valence-corrected chi connectivity index (χ0v) is 17.2. The van der Waals surface area contributed by atoms with Crippen molar-refractivity contribution in [3.8, 4) is 11.5 Å². The van der Waals surface area contributed by atoms with Crippen LogP contribution in [0.3, 0.4) is 0 Å². The van der Waals surface area contributed by atoms with Gasteiger partial charge in [0, 0.05) is 12.6 Å². The lowest BCUT2D eigenvalue weighted by Crippen LogP contribution is -2.29. The van der Waals surface area contributed by atoms with Crippen molar-refractivity contribution in [3.05, 3.63) is 52.0 Å². The molecule has 0 aliphatic carbocycles. The second kappa shape index (κ2) is 8.15. The van der Waals surface area contributed by atoms with E-state index in [1.165, 1.54) is 7.11 Å². The van der Waals surface area contributed by atoms with Crippen molar-refractivity contribution in [3.63, 3.8) is 0 Å². The Kier molecular flexibility index (Phi) is 5.87. The fraction of sp³-hybridized carbons (Fsp3) is 0.300. The lowest BCUT2D eigenvalue weighted by Gasteiger charge is -2.24. The van der Waals surface area contributed by atoms with Gasteiger partial charge in [0.1, 0.15) is 5.01 Å². The smallest absolute Gasteiger partial charge is 0.254 e. The third kappa shape index (κ3) is 3.87. The molecule has 0 saturated heterocycles. The van der Waals surface area contributed by atoms with Crippen LogP contribution in [0.25, 0.3) is 10.2 Å². The summed E-state index contributed by atoms with van der Waals surface area (Å²) in [6.45, 7) is 4.28. The summed E-state index contributed by atoms with van der Waals surface area (Å²) in [5.41, 5.74) is 1.38. The van der Waals surface area contributed by atoms with Gasteiger partial charge in [0.25, 0.3) is 5.91 Å². The molecule has 3 aromatic rings. The van der Waals surface area contributed by atoms with Gasteiger partial charge < -0.3 is 14.4 Å². The predicted octanol–water partition coefficient (Wildman–Crippen LogP) is 5.19. The van der Waals surface area contributed by atoms with Crippen LogP contribution in [0.2, 0.25) is 5.02 Å². The zero-order valence-electron chi connectivity index (χ0n) is 15.7. The van der Waals surface area contributed by atoms with Gasteiger partial charge in [-0.25, -0.2) is 4.98 Å². The molecule has 1 atom stereocenters. The van der Waals surface area contributed by atoms with E-state index in [0.29, 0.717) is 28.7 Å². The number of carbonyl (C=O) groups is 1. The summed E-state index contributed by atoms with van der Waals surface area (Å²) in [6.07, 6.45) is 0. The van der Waals surface area contributed by atoms with Crippen molar-refractivity contribution in [1.82, 2.24) is 9.88 Å². The molecule has 27 heavy (non-hydrogen) atoms. The maximum Gasteiger partial charge on any atom is 0.254 e. The number of hydrogen-bond donors (Lipinski definition) is 0. The highest BCUT2D eigenvalue weighted by molar-refractivity contribution is 7.18. The van der Waals surface area contributed by atoms with Gasteiger partial charge in [-0.15, -0.1) is 11.3 Å². The normalized spacial score (nSPS) is 12.0. The van der Waals surface area contributed by atoms with Crippen molar-refractivity contribution in [2.24, 2.45) is 0 Å². The van der Waals surface area contributed by atoms with E-state index in [9.17, 15) is 4.79 Å². The number of fused-ring (bicyclic) bond motifs is 1. The molecule has 3 rings (SSSR count). The number of nitrogens with zero attached hydrogens (tertiary/aromatic N) is 2. The molecule has 0 N–H and O–H groups in total. The van der Waals surface area contributed by atoms with Crippen LogP contribution in [-0.2, 0) is 0 Å². The van der Waals surface area contributed by atoms with Gasteiger partial charge in [-0.05, 0) is 38.1 Å². The first kappa shape index (κ1) is 19.5. The molecule has 2 aromatic carbocycles. The molecule has 142 valence electrons. The molecule has 0 aliphatic rings. The van der Waals surface area contributed by atoms with E-state index >= 15 is 0 Å². The molecule has 0 spiro atoms. The van der Waals surface area contributed by atoms with Crippen LogP contribution >= 0.6 is 22.9 Å². The summed E-state index contributed by atoms with van der Waals surface area (Å²) >= 11 is 7.90. The molecule has 5 nitrogen and oxygen atoms in total. The number of rotatable bonds is 6. The largest absolute Gasteiger partial charge is 0.493 e. The fourth-order valence-corrected chi connectivity index (χ4v) is 4.07.